The fourth-order valence-electron chi connectivity index (χ4n) is 2.11. The van der Waals surface area contributed by atoms with Crippen LogP contribution in [0.5, 0.6) is 0 Å². The third-order valence-corrected chi connectivity index (χ3v) is 3.91. The summed E-state index contributed by atoms with van der Waals surface area (Å²) in [6.07, 6.45) is -32.0. The van der Waals surface area contributed by atoms with Crippen LogP contribution in [-0.4, -0.2) is 51.8 Å². The molecule has 0 heterocycles. The monoisotopic (exact) mass is 480 g/mol. The second-order valence-electron chi connectivity index (χ2n) is 6.22. The molecule has 0 bridgehead atoms. The summed E-state index contributed by atoms with van der Waals surface area (Å²) < 4.78 is 154. The Kier molecular flexibility index (Phi) is 7.23. The van der Waals surface area contributed by atoms with E-state index in [1.807, 2.05) is 0 Å². The molecule has 1 aromatic rings. The summed E-state index contributed by atoms with van der Waals surface area (Å²) in [5, 5.41) is 21.1. The van der Waals surface area contributed by atoms with Crippen LogP contribution in [0.3, 0.4) is 0 Å². The molecule has 4 nitrogen and oxygen atoms in total. The molecule has 3 N–H and O–H groups in total. The van der Waals surface area contributed by atoms with Crippen molar-refractivity contribution in [3.63, 3.8) is 0 Å². The molecule has 31 heavy (non-hydrogen) atoms. The molecule has 0 aliphatic heterocycles. The Bertz CT molecular complexity index is 695. The molecule has 0 saturated heterocycles. The third-order valence-electron chi connectivity index (χ3n) is 3.91. The summed E-state index contributed by atoms with van der Waals surface area (Å²) >= 11 is 0. The van der Waals surface area contributed by atoms with E-state index in [-0.39, 0.29) is 5.69 Å². The highest BCUT2D eigenvalue weighted by Crippen LogP contribution is 2.49. The first kappa shape index (κ1) is 26.8. The Hall–Kier alpha value is -2.23. The minimum Gasteiger partial charge on any atom is -0.373 e. The fourth-order valence-corrected chi connectivity index (χ4v) is 2.11. The average Bonchev–Trinajstić information content (AvgIpc) is 2.56. The van der Waals surface area contributed by atoms with Crippen molar-refractivity contribution in [2.75, 3.05) is 5.43 Å². The van der Waals surface area contributed by atoms with E-state index in [0.29, 0.717) is 0 Å². The van der Waals surface area contributed by atoms with Crippen molar-refractivity contribution in [2.24, 2.45) is 5.10 Å². The van der Waals surface area contributed by atoms with Crippen molar-refractivity contribution in [2.45, 2.75) is 48.7 Å². The third kappa shape index (κ3) is 5.72. The topological polar surface area (TPSA) is 64.8 Å². The van der Waals surface area contributed by atoms with Crippen LogP contribution in [-0.2, 0) is 0 Å². The zero-order chi connectivity index (χ0) is 24.5. The molecule has 0 saturated carbocycles. The lowest BCUT2D eigenvalue weighted by molar-refractivity contribution is -0.369. The number of aliphatic hydroxyl groups is 2. The molecule has 0 atom stereocenters. The van der Waals surface area contributed by atoms with E-state index in [1.165, 1.54) is 18.2 Å². The first-order valence-electron chi connectivity index (χ1n) is 7.74. The fraction of sp³-hybridized carbons (Fsp3) is 0.533. The molecular formula is C15H12F12N2O2. The number of benzene rings is 1. The van der Waals surface area contributed by atoms with Gasteiger partial charge in [-0.1, -0.05) is 18.2 Å². The van der Waals surface area contributed by atoms with Crippen molar-refractivity contribution < 1.29 is 62.9 Å². The molecule has 0 amide bonds. The van der Waals surface area contributed by atoms with Gasteiger partial charge in [0.1, 0.15) is 0 Å². The maximum atomic E-state index is 12.9. The maximum absolute atomic E-state index is 12.9. The number of nitrogens with zero attached hydrogens (tertiary/aromatic N) is 1. The van der Waals surface area contributed by atoms with Gasteiger partial charge >= 0.3 is 24.7 Å². The molecule has 0 aliphatic carbocycles. The molecule has 0 unspecified atom stereocenters. The molecular weight excluding hydrogens is 468 g/mol. The Balaban J connectivity index is 3.54. The normalized spacial score (nSPS) is 14.4. The highest BCUT2D eigenvalue weighted by molar-refractivity contribution is 5.87. The zero-order valence-corrected chi connectivity index (χ0v) is 14.7. The number of halogens is 12. The quantitative estimate of drug-likeness (QED) is 0.307. The highest BCUT2D eigenvalue weighted by atomic mass is 19.4. The second kappa shape index (κ2) is 8.37. The molecule has 0 radical (unpaired) electrons. The summed E-state index contributed by atoms with van der Waals surface area (Å²) in [5.74, 6) is 0. The van der Waals surface area contributed by atoms with Crippen molar-refractivity contribution in [3.8, 4) is 0 Å². The average molecular weight is 480 g/mol. The molecule has 1 aromatic carbocycles. The van der Waals surface area contributed by atoms with Crippen LogP contribution in [0.15, 0.2) is 35.4 Å². The standard InChI is InChI=1S/C15H12F12N2O2/c16-12(17,18)10(30,13(19,20)21)6-9(29-28-8-4-2-1-3-5-8)7-11(31,14(22,23)24)15(25,26)27/h1-5,28,30-31H,6-7H2. The number of anilines is 1. The molecule has 0 fully saturated rings. The van der Waals surface area contributed by atoms with E-state index in [9.17, 15) is 52.7 Å². The predicted octanol–water partition coefficient (Wildman–Crippen LogP) is 4.95. The van der Waals surface area contributed by atoms with Crippen molar-refractivity contribution in [1.82, 2.24) is 0 Å². The zero-order valence-electron chi connectivity index (χ0n) is 14.7. The summed E-state index contributed by atoms with van der Waals surface area (Å²) in [4.78, 5) is 0. The molecule has 16 heteroatoms. The smallest absolute Gasteiger partial charge is 0.373 e. The lowest BCUT2D eigenvalue weighted by Gasteiger charge is -2.36. The number of hydrogen-bond donors (Lipinski definition) is 3. The van der Waals surface area contributed by atoms with Gasteiger partial charge in [0, 0.05) is 18.6 Å². The summed E-state index contributed by atoms with van der Waals surface area (Å²) in [6, 6.07) is 5.98. The van der Waals surface area contributed by atoms with E-state index >= 15 is 0 Å². The van der Waals surface area contributed by atoms with Crippen molar-refractivity contribution in [1.29, 1.82) is 0 Å². The summed E-state index contributed by atoms with van der Waals surface area (Å²) in [6.45, 7) is 0. The van der Waals surface area contributed by atoms with Gasteiger partial charge in [0.15, 0.2) is 0 Å². The van der Waals surface area contributed by atoms with Gasteiger partial charge < -0.3 is 10.2 Å². The Morgan fingerprint density at radius 3 is 1.26 bits per heavy atom. The minimum absolute atomic E-state index is 0.245. The number of para-hydroxylation sites is 1. The highest BCUT2D eigenvalue weighted by Gasteiger charge is 2.73. The van der Waals surface area contributed by atoms with Crippen LogP contribution < -0.4 is 5.43 Å². The number of hydrazone groups is 1. The molecule has 0 aromatic heterocycles. The van der Waals surface area contributed by atoms with Gasteiger partial charge in [-0.3, -0.25) is 5.43 Å². The predicted molar refractivity (Wildman–Crippen MR) is 80.9 cm³/mol. The summed E-state index contributed by atoms with van der Waals surface area (Å²) in [7, 11) is 0. The first-order valence-corrected chi connectivity index (χ1v) is 7.74. The lowest BCUT2D eigenvalue weighted by atomic mass is 9.87. The van der Waals surface area contributed by atoms with E-state index in [4.69, 9.17) is 10.2 Å². The van der Waals surface area contributed by atoms with Gasteiger partial charge in [0.05, 0.1) is 5.69 Å². The van der Waals surface area contributed by atoms with Gasteiger partial charge in [-0.05, 0) is 12.1 Å². The molecule has 1 rings (SSSR count). The van der Waals surface area contributed by atoms with Gasteiger partial charge in [-0.25, -0.2) is 0 Å². The second-order valence-corrected chi connectivity index (χ2v) is 6.22. The first-order chi connectivity index (χ1) is 13.7. The van der Waals surface area contributed by atoms with Crippen LogP contribution >= 0.6 is 0 Å². The molecule has 178 valence electrons. The van der Waals surface area contributed by atoms with Gasteiger partial charge in [-0.2, -0.15) is 57.8 Å². The van der Waals surface area contributed by atoms with Crippen LogP contribution in [0.25, 0.3) is 0 Å². The number of rotatable bonds is 6. The number of nitrogens with one attached hydrogen (secondary N) is 1. The maximum Gasteiger partial charge on any atom is 0.426 e. The van der Waals surface area contributed by atoms with E-state index in [0.717, 1.165) is 12.1 Å². The van der Waals surface area contributed by atoms with Crippen molar-refractivity contribution >= 4 is 11.4 Å². The van der Waals surface area contributed by atoms with Crippen molar-refractivity contribution in [3.05, 3.63) is 30.3 Å². The van der Waals surface area contributed by atoms with E-state index < -0.39 is 54.5 Å². The largest absolute Gasteiger partial charge is 0.426 e. The summed E-state index contributed by atoms with van der Waals surface area (Å²) in [5.41, 5.74) is -12.2. The SMILES string of the molecule is OC(CC(CC(O)(C(F)(F)F)C(F)(F)F)=NNc1ccccc1)(C(F)(F)F)C(F)(F)F. The Labute approximate surface area is 165 Å². The number of alkyl halides is 12. The van der Waals surface area contributed by atoms with Gasteiger partial charge in [0.2, 0.25) is 0 Å². The van der Waals surface area contributed by atoms with Crippen LogP contribution in [0.2, 0.25) is 0 Å². The van der Waals surface area contributed by atoms with E-state index in [1.54, 1.807) is 5.43 Å². The van der Waals surface area contributed by atoms with E-state index in [2.05, 4.69) is 5.10 Å². The van der Waals surface area contributed by atoms with Gasteiger partial charge in [-0.15, -0.1) is 0 Å². The molecule has 0 aliphatic rings. The van der Waals surface area contributed by atoms with Crippen LogP contribution in [0, 0.1) is 0 Å². The Morgan fingerprint density at radius 2 is 0.968 bits per heavy atom. The molecule has 0 spiro atoms. The lowest BCUT2D eigenvalue weighted by Crippen LogP contribution is -2.61. The van der Waals surface area contributed by atoms with Crippen LogP contribution in [0.4, 0.5) is 58.4 Å². The minimum atomic E-state index is -6.56. The number of hydrogen-bond acceptors (Lipinski definition) is 4. The van der Waals surface area contributed by atoms with Gasteiger partial charge in [0.25, 0.3) is 11.2 Å². The Morgan fingerprint density at radius 1 is 0.645 bits per heavy atom. The van der Waals surface area contributed by atoms with Crippen LogP contribution in [0.1, 0.15) is 12.8 Å².